The molecule has 2 atom stereocenters. The Morgan fingerprint density at radius 3 is 2.62 bits per heavy atom. The van der Waals surface area contributed by atoms with Crippen LogP contribution < -0.4 is 5.32 Å². The molecule has 0 saturated carbocycles. The number of rotatable bonds is 5. The van der Waals surface area contributed by atoms with Crippen molar-refractivity contribution in [3.63, 3.8) is 0 Å². The molecule has 1 aromatic heterocycles. The van der Waals surface area contributed by atoms with Crippen LogP contribution in [0.4, 0.5) is 13.2 Å². The van der Waals surface area contributed by atoms with Gasteiger partial charge in [0.1, 0.15) is 0 Å². The van der Waals surface area contributed by atoms with Crippen LogP contribution in [0.15, 0.2) is 36.7 Å². The Kier molecular flexibility index (Phi) is 5.16. The molecular formula is C18H20F3N3. The predicted molar refractivity (Wildman–Crippen MR) is 85.8 cm³/mol. The number of likely N-dealkylation sites (tertiary alicyclic amines) is 1. The van der Waals surface area contributed by atoms with Gasteiger partial charge in [-0.2, -0.15) is 0 Å². The second-order valence-electron chi connectivity index (χ2n) is 6.01. The number of nitrogens with zero attached hydrogens (tertiary/aromatic N) is 2. The van der Waals surface area contributed by atoms with Crippen molar-refractivity contribution in [3.05, 3.63) is 65.2 Å². The van der Waals surface area contributed by atoms with Gasteiger partial charge in [0.15, 0.2) is 17.5 Å². The van der Waals surface area contributed by atoms with Gasteiger partial charge < -0.3 is 5.32 Å². The summed E-state index contributed by atoms with van der Waals surface area (Å²) in [5.74, 6) is -3.70. The number of likely N-dealkylation sites (N-methyl/N-ethyl adjacent to an activating group) is 1. The first-order valence-electron chi connectivity index (χ1n) is 8.11. The van der Waals surface area contributed by atoms with E-state index in [0.717, 1.165) is 37.2 Å². The topological polar surface area (TPSA) is 28.2 Å². The van der Waals surface area contributed by atoms with Gasteiger partial charge in [-0.05, 0) is 42.3 Å². The van der Waals surface area contributed by atoms with Gasteiger partial charge in [-0.25, -0.2) is 13.2 Å². The Labute approximate surface area is 139 Å². The molecular weight excluding hydrogens is 315 g/mol. The first-order chi connectivity index (χ1) is 11.6. The molecule has 128 valence electrons. The highest BCUT2D eigenvalue weighted by molar-refractivity contribution is 5.25. The first-order valence-corrected chi connectivity index (χ1v) is 8.11. The van der Waals surface area contributed by atoms with E-state index in [2.05, 4.69) is 15.2 Å². The smallest absolute Gasteiger partial charge is 0.194 e. The SMILES string of the molecule is CCN1CC[C@@H](NCc2cccnc2)[C@@H]1c1cc(F)c(F)c(F)c1. The van der Waals surface area contributed by atoms with Crippen LogP contribution in [0.1, 0.15) is 30.5 Å². The van der Waals surface area contributed by atoms with Crippen LogP contribution in [0.5, 0.6) is 0 Å². The lowest BCUT2D eigenvalue weighted by Gasteiger charge is -2.28. The normalized spacial score (nSPS) is 21.3. The Bertz CT molecular complexity index is 670. The molecule has 0 radical (unpaired) electrons. The molecule has 24 heavy (non-hydrogen) atoms. The quantitative estimate of drug-likeness (QED) is 0.849. The van der Waals surface area contributed by atoms with Gasteiger partial charge in [0.05, 0.1) is 6.04 Å². The van der Waals surface area contributed by atoms with Crippen molar-refractivity contribution < 1.29 is 13.2 Å². The number of nitrogens with one attached hydrogen (secondary N) is 1. The van der Waals surface area contributed by atoms with E-state index in [4.69, 9.17) is 0 Å². The Hall–Kier alpha value is -1.92. The summed E-state index contributed by atoms with van der Waals surface area (Å²) in [6.07, 6.45) is 4.36. The monoisotopic (exact) mass is 335 g/mol. The van der Waals surface area contributed by atoms with Crippen molar-refractivity contribution in [1.82, 2.24) is 15.2 Å². The summed E-state index contributed by atoms with van der Waals surface area (Å²) in [6, 6.07) is 5.90. The van der Waals surface area contributed by atoms with Crippen LogP contribution in [0.25, 0.3) is 0 Å². The zero-order valence-electron chi connectivity index (χ0n) is 13.5. The van der Waals surface area contributed by atoms with Gasteiger partial charge in [0, 0.05) is 31.5 Å². The lowest BCUT2D eigenvalue weighted by Crippen LogP contribution is -2.36. The second kappa shape index (κ2) is 7.32. The predicted octanol–water partition coefficient (Wildman–Crippen LogP) is 3.42. The minimum atomic E-state index is -1.42. The maximum absolute atomic E-state index is 13.6. The molecule has 6 heteroatoms. The van der Waals surface area contributed by atoms with E-state index in [0.29, 0.717) is 12.1 Å². The molecule has 0 amide bonds. The average Bonchev–Trinajstić information content (AvgIpc) is 3.01. The molecule has 3 nitrogen and oxygen atoms in total. The Morgan fingerprint density at radius 1 is 1.25 bits per heavy atom. The number of halogens is 3. The molecule has 1 fully saturated rings. The number of pyridine rings is 1. The summed E-state index contributed by atoms with van der Waals surface area (Å²) in [6.45, 7) is 4.22. The van der Waals surface area contributed by atoms with E-state index in [9.17, 15) is 13.2 Å². The second-order valence-corrected chi connectivity index (χ2v) is 6.01. The molecule has 2 aromatic rings. The number of aromatic nitrogens is 1. The van der Waals surface area contributed by atoms with Crippen molar-refractivity contribution in [2.45, 2.75) is 32.0 Å². The van der Waals surface area contributed by atoms with Gasteiger partial charge in [0.25, 0.3) is 0 Å². The van der Waals surface area contributed by atoms with Crippen LogP contribution in [0, 0.1) is 17.5 Å². The molecule has 0 aliphatic carbocycles. The van der Waals surface area contributed by atoms with Gasteiger partial charge in [-0.1, -0.05) is 13.0 Å². The van der Waals surface area contributed by atoms with E-state index < -0.39 is 17.5 Å². The molecule has 1 aromatic carbocycles. The fraction of sp³-hybridized carbons (Fsp3) is 0.389. The van der Waals surface area contributed by atoms with Gasteiger partial charge in [-0.3, -0.25) is 9.88 Å². The third kappa shape index (κ3) is 3.44. The van der Waals surface area contributed by atoms with Crippen molar-refractivity contribution in [2.24, 2.45) is 0 Å². The number of hydrogen-bond acceptors (Lipinski definition) is 3. The standard InChI is InChI=1S/C18H20F3N3/c1-2-24-7-5-16(23-11-12-4-3-6-22-10-12)18(24)13-8-14(19)17(21)15(20)9-13/h3-4,6,8-10,16,18,23H,2,5,7,11H2,1H3/t16-,18+/m1/s1. The summed E-state index contributed by atoms with van der Waals surface area (Å²) in [5.41, 5.74) is 1.51. The summed E-state index contributed by atoms with van der Waals surface area (Å²) >= 11 is 0. The van der Waals surface area contributed by atoms with Crippen LogP contribution in [0.2, 0.25) is 0 Å². The van der Waals surface area contributed by atoms with Crippen LogP contribution in [0.3, 0.4) is 0 Å². The third-order valence-electron chi connectivity index (χ3n) is 4.55. The fourth-order valence-electron chi connectivity index (χ4n) is 3.37. The first kappa shape index (κ1) is 16.9. The van der Waals surface area contributed by atoms with Crippen molar-refractivity contribution >= 4 is 0 Å². The van der Waals surface area contributed by atoms with Gasteiger partial charge in [0.2, 0.25) is 0 Å². The maximum Gasteiger partial charge on any atom is 0.194 e. The molecule has 0 bridgehead atoms. The summed E-state index contributed by atoms with van der Waals surface area (Å²) < 4.78 is 40.5. The molecule has 1 N–H and O–H groups in total. The highest BCUT2D eigenvalue weighted by Gasteiger charge is 2.35. The summed E-state index contributed by atoms with van der Waals surface area (Å²) in [7, 11) is 0. The Morgan fingerprint density at radius 2 is 2.00 bits per heavy atom. The molecule has 1 aliphatic rings. The van der Waals surface area contributed by atoms with Crippen LogP contribution >= 0.6 is 0 Å². The average molecular weight is 335 g/mol. The van der Waals surface area contributed by atoms with Crippen molar-refractivity contribution in [3.8, 4) is 0 Å². The minimum absolute atomic E-state index is 0.0365. The van der Waals surface area contributed by atoms with E-state index in [1.807, 2.05) is 19.1 Å². The van der Waals surface area contributed by atoms with E-state index in [-0.39, 0.29) is 12.1 Å². The molecule has 1 aliphatic heterocycles. The van der Waals surface area contributed by atoms with E-state index in [1.165, 1.54) is 0 Å². The highest BCUT2D eigenvalue weighted by Crippen LogP contribution is 2.33. The minimum Gasteiger partial charge on any atom is -0.308 e. The van der Waals surface area contributed by atoms with Gasteiger partial charge >= 0.3 is 0 Å². The van der Waals surface area contributed by atoms with Gasteiger partial charge in [-0.15, -0.1) is 0 Å². The molecule has 0 unspecified atom stereocenters. The zero-order valence-corrected chi connectivity index (χ0v) is 13.5. The third-order valence-corrected chi connectivity index (χ3v) is 4.55. The maximum atomic E-state index is 13.6. The molecule has 1 saturated heterocycles. The zero-order chi connectivity index (χ0) is 17.1. The highest BCUT2D eigenvalue weighted by atomic mass is 19.2. The van der Waals surface area contributed by atoms with Crippen molar-refractivity contribution in [2.75, 3.05) is 13.1 Å². The van der Waals surface area contributed by atoms with E-state index in [1.54, 1.807) is 12.4 Å². The molecule has 2 heterocycles. The number of benzene rings is 1. The lowest BCUT2D eigenvalue weighted by molar-refractivity contribution is 0.246. The van der Waals surface area contributed by atoms with Crippen LogP contribution in [-0.2, 0) is 6.54 Å². The van der Waals surface area contributed by atoms with E-state index >= 15 is 0 Å². The number of hydrogen-bond donors (Lipinski definition) is 1. The molecule has 0 spiro atoms. The largest absolute Gasteiger partial charge is 0.308 e. The van der Waals surface area contributed by atoms with Crippen LogP contribution in [-0.4, -0.2) is 29.0 Å². The molecule has 3 rings (SSSR count). The summed E-state index contributed by atoms with van der Waals surface area (Å²) in [4.78, 5) is 6.23. The fourth-order valence-corrected chi connectivity index (χ4v) is 3.37. The van der Waals surface area contributed by atoms with Crippen molar-refractivity contribution in [1.29, 1.82) is 0 Å². The summed E-state index contributed by atoms with van der Waals surface area (Å²) in [5, 5.41) is 3.44. The lowest BCUT2D eigenvalue weighted by atomic mass is 9.99. The Balaban J connectivity index is 1.81.